The smallest absolute Gasteiger partial charge is 0.155 e. The number of anilines is 1. The molecule has 2 aromatic heterocycles. The number of para-hydroxylation sites is 2. The molecule has 0 saturated carbocycles. The summed E-state index contributed by atoms with van der Waals surface area (Å²) < 4.78 is 2.13. The van der Waals surface area contributed by atoms with Crippen molar-refractivity contribution in [2.24, 2.45) is 0 Å². The van der Waals surface area contributed by atoms with Gasteiger partial charge < -0.3 is 4.90 Å². The van der Waals surface area contributed by atoms with E-state index in [-0.39, 0.29) is 0 Å². The molecular formula is C19H18N4. The van der Waals surface area contributed by atoms with Crippen molar-refractivity contribution >= 4 is 22.4 Å². The first-order chi connectivity index (χ1) is 11.1. The van der Waals surface area contributed by atoms with Gasteiger partial charge in [-0.2, -0.15) is 0 Å². The first-order valence-corrected chi connectivity index (χ1v) is 7.65. The summed E-state index contributed by atoms with van der Waals surface area (Å²) in [5.41, 5.74) is 6.40. The van der Waals surface area contributed by atoms with E-state index in [1.165, 1.54) is 5.56 Å². The molecular weight excluding hydrogens is 284 g/mol. The third-order valence-electron chi connectivity index (χ3n) is 4.10. The average Bonchev–Trinajstić information content (AvgIpc) is 3.00. The highest BCUT2D eigenvalue weighted by Gasteiger charge is 2.16. The molecule has 2 heterocycles. The lowest BCUT2D eigenvalue weighted by Crippen LogP contribution is -2.12. The number of aromatic nitrogens is 3. The molecule has 114 valence electrons. The zero-order valence-electron chi connectivity index (χ0n) is 13.5. The van der Waals surface area contributed by atoms with Crippen molar-refractivity contribution in [2.75, 3.05) is 19.0 Å². The summed E-state index contributed by atoms with van der Waals surface area (Å²) in [7, 11) is 4.03. The van der Waals surface area contributed by atoms with Crippen LogP contribution in [-0.2, 0) is 0 Å². The Morgan fingerprint density at radius 2 is 1.70 bits per heavy atom. The fourth-order valence-electron chi connectivity index (χ4n) is 2.91. The Balaban J connectivity index is 2.11. The molecule has 0 amide bonds. The van der Waals surface area contributed by atoms with Crippen molar-refractivity contribution in [1.82, 2.24) is 14.4 Å². The molecule has 0 aliphatic heterocycles. The number of fused-ring (bicyclic) bond motifs is 3. The molecule has 0 bridgehead atoms. The molecule has 0 saturated heterocycles. The molecule has 2 aromatic carbocycles. The Bertz CT molecular complexity index is 997. The van der Waals surface area contributed by atoms with Gasteiger partial charge in [0.25, 0.3) is 0 Å². The SMILES string of the molecule is Cc1ccc(-c2ncn3c2c(N(C)C)nc2ccccc23)cc1. The van der Waals surface area contributed by atoms with Crippen molar-refractivity contribution in [2.45, 2.75) is 6.92 Å². The first-order valence-electron chi connectivity index (χ1n) is 7.65. The van der Waals surface area contributed by atoms with E-state index < -0.39 is 0 Å². The number of imidazole rings is 1. The minimum absolute atomic E-state index is 0.928. The third kappa shape index (κ3) is 2.14. The van der Waals surface area contributed by atoms with Crippen LogP contribution in [0.3, 0.4) is 0 Å². The number of benzene rings is 2. The monoisotopic (exact) mass is 302 g/mol. The second kappa shape index (κ2) is 5.09. The van der Waals surface area contributed by atoms with Crippen LogP contribution in [0, 0.1) is 6.92 Å². The van der Waals surface area contributed by atoms with Crippen LogP contribution in [0.5, 0.6) is 0 Å². The number of hydrogen-bond acceptors (Lipinski definition) is 3. The molecule has 0 fully saturated rings. The molecule has 4 aromatic rings. The summed E-state index contributed by atoms with van der Waals surface area (Å²) in [5.74, 6) is 0.928. The molecule has 4 rings (SSSR count). The van der Waals surface area contributed by atoms with E-state index in [1.807, 2.05) is 43.5 Å². The van der Waals surface area contributed by atoms with Crippen molar-refractivity contribution in [3.8, 4) is 11.3 Å². The van der Waals surface area contributed by atoms with Gasteiger partial charge in [0.2, 0.25) is 0 Å². The Morgan fingerprint density at radius 3 is 2.43 bits per heavy atom. The summed E-state index contributed by atoms with van der Waals surface area (Å²) in [6.07, 6.45) is 1.89. The predicted molar refractivity (Wildman–Crippen MR) is 95.0 cm³/mol. The van der Waals surface area contributed by atoms with Crippen LogP contribution in [0.2, 0.25) is 0 Å². The Morgan fingerprint density at radius 1 is 0.957 bits per heavy atom. The molecule has 4 nitrogen and oxygen atoms in total. The lowest BCUT2D eigenvalue weighted by atomic mass is 10.1. The minimum Gasteiger partial charge on any atom is -0.361 e. The molecule has 0 spiro atoms. The minimum atomic E-state index is 0.928. The lowest BCUT2D eigenvalue weighted by molar-refractivity contribution is 1.07. The van der Waals surface area contributed by atoms with Crippen LogP contribution >= 0.6 is 0 Å². The van der Waals surface area contributed by atoms with Gasteiger partial charge in [-0.15, -0.1) is 0 Å². The maximum Gasteiger partial charge on any atom is 0.155 e. The zero-order chi connectivity index (χ0) is 16.0. The summed E-state index contributed by atoms with van der Waals surface area (Å²) in [4.78, 5) is 11.6. The van der Waals surface area contributed by atoms with Gasteiger partial charge in [0.05, 0.1) is 16.7 Å². The summed E-state index contributed by atoms with van der Waals surface area (Å²) in [6, 6.07) is 16.6. The normalized spacial score (nSPS) is 11.3. The largest absolute Gasteiger partial charge is 0.361 e. The van der Waals surface area contributed by atoms with E-state index in [9.17, 15) is 0 Å². The van der Waals surface area contributed by atoms with Crippen LogP contribution in [0.15, 0.2) is 54.9 Å². The van der Waals surface area contributed by atoms with Crippen LogP contribution in [0.4, 0.5) is 5.82 Å². The molecule has 4 heteroatoms. The van der Waals surface area contributed by atoms with Crippen molar-refractivity contribution < 1.29 is 0 Å². The van der Waals surface area contributed by atoms with E-state index >= 15 is 0 Å². The maximum absolute atomic E-state index is 4.84. The van der Waals surface area contributed by atoms with Crippen molar-refractivity contribution in [3.05, 3.63) is 60.4 Å². The molecule has 0 N–H and O–H groups in total. The van der Waals surface area contributed by atoms with Gasteiger partial charge in [-0.1, -0.05) is 42.0 Å². The van der Waals surface area contributed by atoms with Gasteiger partial charge in [-0.3, -0.25) is 4.40 Å². The highest BCUT2D eigenvalue weighted by Crippen LogP contribution is 2.31. The topological polar surface area (TPSA) is 33.4 Å². The molecule has 0 aliphatic rings. The van der Waals surface area contributed by atoms with Gasteiger partial charge >= 0.3 is 0 Å². The van der Waals surface area contributed by atoms with E-state index in [0.29, 0.717) is 0 Å². The highest BCUT2D eigenvalue weighted by atomic mass is 15.2. The van der Waals surface area contributed by atoms with Gasteiger partial charge in [0, 0.05) is 19.7 Å². The fourth-order valence-corrected chi connectivity index (χ4v) is 2.91. The van der Waals surface area contributed by atoms with Crippen LogP contribution < -0.4 is 4.90 Å². The Labute approximate surface area is 135 Å². The fraction of sp³-hybridized carbons (Fsp3) is 0.158. The highest BCUT2D eigenvalue weighted by molar-refractivity contribution is 5.92. The predicted octanol–water partition coefficient (Wildman–Crippen LogP) is 3.92. The van der Waals surface area contributed by atoms with E-state index in [0.717, 1.165) is 33.6 Å². The Hall–Kier alpha value is -2.88. The summed E-state index contributed by atoms with van der Waals surface area (Å²) in [5, 5.41) is 0. The molecule has 0 radical (unpaired) electrons. The maximum atomic E-state index is 4.84. The average molecular weight is 302 g/mol. The van der Waals surface area contributed by atoms with E-state index in [1.54, 1.807) is 0 Å². The quantitative estimate of drug-likeness (QED) is 0.562. The van der Waals surface area contributed by atoms with E-state index in [4.69, 9.17) is 4.98 Å². The van der Waals surface area contributed by atoms with Crippen LogP contribution in [0.1, 0.15) is 5.56 Å². The number of hydrogen-bond donors (Lipinski definition) is 0. The molecule has 0 aliphatic carbocycles. The molecule has 0 atom stereocenters. The third-order valence-corrected chi connectivity index (χ3v) is 4.10. The first kappa shape index (κ1) is 13.8. The van der Waals surface area contributed by atoms with Crippen molar-refractivity contribution in [3.63, 3.8) is 0 Å². The summed E-state index contributed by atoms with van der Waals surface area (Å²) in [6.45, 7) is 2.09. The Kier molecular flexibility index (Phi) is 3.05. The van der Waals surface area contributed by atoms with Gasteiger partial charge in [0.1, 0.15) is 11.8 Å². The van der Waals surface area contributed by atoms with Crippen molar-refractivity contribution in [1.29, 1.82) is 0 Å². The second-order valence-electron chi connectivity index (χ2n) is 6.00. The second-order valence-corrected chi connectivity index (χ2v) is 6.00. The summed E-state index contributed by atoms with van der Waals surface area (Å²) >= 11 is 0. The van der Waals surface area contributed by atoms with Gasteiger partial charge in [0.15, 0.2) is 5.82 Å². The molecule has 23 heavy (non-hydrogen) atoms. The van der Waals surface area contributed by atoms with Gasteiger partial charge in [-0.05, 0) is 19.1 Å². The lowest BCUT2D eigenvalue weighted by Gasteiger charge is -2.15. The zero-order valence-corrected chi connectivity index (χ0v) is 13.5. The standard InChI is InChI=1S/C19H18N4/c1-13-8-10-14(11-9-13)17-18-19(22(2)3)21-15-6-4-5-7-16(15)23(18)12-20-17/h4-12H,1-3H3. The van der Waals surface area contributed by atoms with Crippen LogP contribution in [-0.4, -0.2) is 28.5 Å². The van der Waals surface area contributed by atoms with E-state index in [2.05, 4.69) is 46.6 Å². The molecule has 0 unspecified atom stereocenters. The van der Waals surface area contributed by atoms with Gasteiger partial charge in [-0.25, -0.2) is 9.97 Å². The van der Waals surface area contributed by atoms with Crippen LogP contribution in [0.25, 0.3) is 27.8 Å². The number of rotatable bonds is 2. The number of nitrogens with zero attached hydrogens (tertiary/aromatic N) is 4. The number of aryl methyl sites for hydroxylation is 1.